The van der Waals surface area contributed by atoms with E-state index in [4.69, 9.17) is 5.73 Å². The molecule has 1 heterocycles. The fourth-order valence-corrected chi connectivity index (χ4v) is 3.16. The maximum Gasteiger partial charge on any atom is 0.115 e. The predicted octanol–water partition coefficient (Wildman–Crippen LogP) is 1.62. The molecule has 3 heteroatoms. The highest BCUT2D eigenvalue weighted by atomic mass is 32.2. The molecule has 0 radical (unpaired) electrons. The molecule has 1 aliphatic heterocycles. The Morgan fingerprint density at radius 2 is 2.29 bits per heavy atom. The lowest BCUT2D eigenvalue weighted by atomic mass is 9.95. The minimum atomic E-state index is 0.322. The molecule has 2 rings (SSSR count). The highest BCUT2D eigenvalue weighted by molar-refractivity contribution is 7.99. The fourth-order valence-electron chi connectivity index (χ4n) is 1.81. The molecule has 0 aliphatic carbocycles. The molecule has 1 aromatic rings. The van der Waals surface area contributed by atoms with Gasteiger partial charge in [0, 0.05) is 11.8 Å². The molecule has 0 amide bonds. The van der Waals surface area contributed by atoms with Gasteiger partial charge in [0.1, 0.15) is 5.75 Å². The van der Waals surface area contributed by atoms with Crippen LogP contribution in [0.3, 0.4) is 0 Å². The van der Waals surface area contributed by atoms with Gasteiger partial charge in [-0.3, -0.25) is 0 Å². The van der Waals surface area contributed by atoms with Crippen LogP contribution in [-0.4, -0.2) is 22.7 Å². The first-order chi connectivity index (χ1) is 6.75. The van der Waals surface area contributed by atoms with Gasteiger partial charge in [-0.1, -0.05) is 12.1 Å². The summed E-state index contributed by atoms with van der Waals surface area (Å²) in [7, 11) is 0. The van der Waals surface area contributed by atoms with E-state index in [2.05, 4.69) is 6.07 Å². The van der Waals surface area contributed by atoms with Crippen LogP contribution in [0.5, 0.6) is 5.75 Å². The highest BCUT2D eigenvalue weighted by Gasteiger charge is 2.24. The quantitative estimate of drug-likeness (QED) is 0.778. The SMILES string of the molecule is NC1CSCC1Cc1cccc(O)c1. The van der Waals surface area contributed by atoms with Crippen LogP contribution in [0.2, 0.25) is 0 Å². The Bertz CT molecular complexity index is 316. The number of aromatic hydroxyl groups is 1. The normalized spacial score (nSPS) is 26.6. The molecule has 3 N–H and O–H groups in total. The van der Waals surface area contributed by atoms with Crippen LogP contribution in [0.15, 0.2) is 24.3 Å². The molecule has 0 aromatic heterocycles. The van der Waals surface area contributed by atoms with Gasteiger partial charge in [-0.2, -0.15) is 11.8 Å². The van der Waals surface area contributed by atoms with Crippen molar-refractivity contribution in [3.8, 4) is 5.75 Å². The van der Waals surface area contributed by atoms with Gasteiger partial charge in [-0.25, -0.2) is 0 Å². The van der Waals surface area contributed by atoms with Gasteiger partial charge in [0.15, 0.2) is 0 Å². The van der Waals surface area contributed by atoms with Gasteiger partial charge >= 0.3 is 0 Å². The summed E-state index contributed by atoms with van der Waals surface area (Å²) in [6.45, 7) is 0. The van der Waals surface area contributed by atoms with Crippen molar-refractivity contribution in [3.63, 3.8) is 0 Å². The van der Waals surface area contributed by atoms with Crippen molar-refractivity contribution in [3.05, 3.63) is 29.8 Å². The van der Waals surface area contributed by atoms with E-state index in [1.54, 1.807) is 6.07 Å². The molecule has 76 valence electrons. The maximum atomic E-state index is 9.32. The lowest BCUT2D eigenvalue weighted by Crippen LogP contribution is -2.29. The smallest absolute Gasteiger partial charge is 0.115 e. The van der Waals surface area contributed by atoms with E-state index in [0.717, 1.165) is 17.9 Å². The topological polar surface area (TPSA) is 46.2 Å². The largest absolute Gasteiger partial charge is 0.508 e. The molecule has 2 unspecified atom stereocenters. The molecule has 0 bridgehead atoms. The van der Waals surface area contributed by atoms with E-state index in [9.17, 15) is 5.11 Å². The van der Waals surface area contributed by atoms with Crippen molar-refractivity contribution in [1.82, 2.24) is 0 Å². The third kappa shape index (κ3) is 2.22. The van der Waals surface area contributed by atoms with Crippen molar-refractivity contribution < 1.29 is 5.11 Å². The van der Waals surface area contributed by atoms with Gasteiger partial charge in [0.2, 0.25) is 0 Å². The number of hydrogen-bond donors (Lipinski definition) is 2. The summed E-state index contributed by atoms with van der Waals surface area (Å²) in [6, 6.07) is 7.79. The Balaban J connectivity index is 2.03. The van der Waals surface area contributed by atoms with Crippen molar-refractivity contribution in [1.29, 1.82) is 0 Å². The van der Waals surface area contributed by atoms with E-state index in [-0.39, 0.29) is 0 Å². The average Bonchev–Trinajstić information content (AvgIpc) is 2.52. The number of rotatable bonds is 2. The Labute approximate surface area is 88.5 Å². The monoisotopic (exact) mass is 209 g/mol. The Kier molecular flexibility index (Phi) is 2.99. The second kappa shape index (κ2) is 4.24. The maximum absolute atomic E-state index is 9.32. The molecule has 2 nitrogen and oxygen atoms in total. The van der Waals surface area contributed by atoms with Crippen molar-refractivity contribution >= 4 is 11.8 Å². The highest BCUT2D eigenvalue weighted by Crippen LogP contribution is 2.26. The third-order valence-electron chi connectivity index (χ3n) is 2.66. The van der Waals surface area contributed by atoms with Gasteiger partial charge < -0.3 is 10.8 Å². The molecule has 0 spiro atoms. The van der Waals surface area contributed by atoms with Crippen LogP contribution in [0.25, 0.3) is 0 Å². The Morgan fingerprint density at radius 3 is 2.93 bits per heavy atom. The summed E-state index contributed by atoms with van der Waals surface area (Å²) >= 11 is 1.93. The molecule has 1 aromatic carbocycles. The average molecular weight is 209 g/mol. The van der Waals surface area contributed by atoms with E-state index in [0.29, 0.717) is 17.7 Å². The van der Waals surface area contributed by atoms with E-state index < -0.39 is 0 Å². The summed E-state index contributed by atoms with van der Waals surface area (Å²) < 4.78 is 0. The van der Waals surface area contributed by atoms with E-state index in [1.807, 2.05) is 23.9 Å². The van der Waals surface area contributed by atoms with Crippen LogP contribution < -0.4 is 5.73 Å². The van der Waals surface area contributed by atoms with Crippen LogP contribution in [0.1, 0.15) is 5.56 Å². The standard InChI is InChI=1S/C11H15NOS/c12-11-7-14-6-9(11)4-8-2-1-3-10(13)5-8/h1-3,5,9,11,13H,4,6-7,12H2. The zero-order chi connectivity index (χ0) is 9.97. The Morgan fingerprint density at radius 1 is 1.43 bits per heavy atom. The molecule has 1 saturated heterocycles. The number of phenols is 1. The third-order valence-corrected chi connectivity index (χ3v) is 3.94. The predicted molar refractivity (Wildman–Crippen MR) is 60.6 cm³/mol. The number of benzene rings is 1. The molecule has 14 heavy (non-hydrogen) atoms. The molecular formula is C11H15NOS. The van der Waals surface area contributed by atoms with Crippen LogP contribution in [0.4, 0.5) is 0 Å². The van der Waals surface area contributed by atoms with Gasteiger partial charge in [0.25, 0.3) is 0 Å². The second-order valence-corrected chi connectivity index (χ2v) is 4.91. The second-order valence-electron chi connectivity index (χ2n) is 3.84. The number of thioether (sulfide) groups is 1. The zero-order valence-electron chi connectivity index (χ0n) is 8.02. The van der Waals surface area contributed by atoms with Crippen molar-refractivity contribution in [2.45, 2.75) is 12.5 Å². The lowest BCUT2D eigenvalue weighted by Gasteiger charge is -2.13. The first-order valence-electron chi connectivity index (χ1n) is 4.87. The number of hydrogen-bond acceptors (Lipinski definition) is 3. The van der Waals surface area contributed by atoms with E-state index in [1.165, 1.54) is 5.56 Å². The first kappa shape index (κ1) is 9.87. The zero-order valence-corrected chi connectivity index (χ0v) is 8.83. The molecule has 1 aliphatic rings. The molecule has 0 saturated carbocycles. The lowest BCUT2D eigenvalue weighted by molar-refractivity contribution is 0.471. The van der Waals surface area contributed by atoms with Gasteiger partial charge in [-0.15, -0.1) is 0 Å². The Hall–Kier alpha value is -0.670. The van der Waals surface area contributed by atoms with Crippen LogP contribution in [-0.2, 0) is 6.42 Å². The van der Waals surface area contributed by atoms with Gasteiger partial charge in [-0.05, 0) is 35.8 Å². The summed E-state index contributed by atoms with van der Waals surface area (Å²) in [4.78, 5) is 0. The van der Waals surface area contributed by atoms with Crippen molar-refractivity contribution in [2.75, 3.05) is 11.5 Å². The van der Waals surface area contributed by atoms with Crippen LogP contribution >= 0.6 is 11.8 Å². The van der Waals surface area contributed by atoms with Gasteiger partial charge in [0.05, 0.1) is 0 Å². The molecule has 1 fully saturated rings. The minimum absolute atomic E-state index is 0.322. The summed E-state index contributed by atoms with van der Waals surface area (Å²) in [5.74, 6) is 3.14. The molecule has 2 atom stereocenters. The first-order valence-corrected chi connectivity index (χ1v) is 6.02. The summed E-state index contributed by atoms with van der Waals surface area (Å²) in [5.41, 5.74) is 7.17. The van der Waals surface area contributed by atoms with E-state index >= 15 is 0 Å². The summed E-state index contributed by atoms with van der Waals surface area (Å²) in [5, 5.41) is 9.32. The number of nitrogens with two attached hydrogens (primary N) is 1. The minimum Gasteiger partial charge on any atom is -0.508 e. The molecular weight excluding hydrogens is 194 g/mol. The van der Waals surface area contributed by atoms with Crippen molar-refractivity contribution in [2.24, 2.45) is 11.7 Å². The summed E-state index contributed by atoms with van der Waals surface area (Å²) in [6.07, 6.45) is 0.989. The van der Waals surface area contributed by atoms with Crippen LogP contribution in [0, 0.1) is 5.92 Å². The number of phenolic OH excluding ortho intramolecular Hbond substituents is 1. The fraction of sp³-hybridized carbons (Fsp3) is 0.455.